The highest BCUT2D eigenvalue weighted by molar-refractivity contribution is 6.30. The summed E-state index contributed by atoms with van der Waals surface area (Å²) in [5.74, 6) is 0.906. The van der Waals surface area contributed by atoms with Crippen molar-refractivity contribution in [2.75, 3.05) is 19.8 Å². The van der Waals surface area contributed by atoms with E-state index in [1.807, 2.05) is 18.2 Å². The topological polar surface area (TPSA) is 30.5 Å². The molecular formula is C15H22ClNO2. The van der Waals surface area contributed by atoms with Gasteiger partial charge in [-0.1, -0.05) is 18.5 Å². The minimum Gasteiger partial charge on any atom is -0.491 e. The normalized spacial score (nSPS) is 18.7. The van der Waals surface area contributed by atoms with Crippen LogP contribution in [0.1, 0.15) is 31.7 Å². The Morgan fingerprint density at radius 1 is 1.47 bits per heavy atom. The third kappa shape index (κ3) is 4.68. The minimum atomic E-state index is 0.243. The minimum absolute atomic E-state index is 0.243. The van der Waals surface area contributed by atoms with E-state index in [9.17, 15) is 0 Å². The second-order valence-corrected chi connectivity index (χ2v) is 5.31. The van der Waals surface area contributed by atoms with Crippen LogP contribution >= 0.6 is 11.6 Å². The van der Waals surface area contributed by atoms with Gasteiger partial charge in [-0.15, -0.1) is 0 Å². The van der Waals surface area contributed by atoms with Crippen LogP contribution in [0.2, 0.25) is 5.02 Å². The molecular weight excluding hydrogens is 262 g/mol. The van der Waals surface area contributed by atoms with E-state index >= 15 is 0 Å². The molecule has 4 heteroatoms. The van der Waals surface area contributed by atoms with Gasteiger partial charge in [0.1, 0.15) is 12.4 Å². The molecule has 0 amide bonds. The van der Waals surface area contributed by atoms with Crippen molar-refractivity contribution in [2.45, 2.75) is 38.8 Å². The van der Waals surface area contributed by atoms with Gasteiger partial charge in [-0.3, -0.25) is 0 Å². The molecule has 0 spiro atoms. The van der Waals surface area contributed by atoms with E-state index < -0.39 is 0 Å². The van der Waals surface area contributed by atoms with Crippen LogP contribution in [0.5, 0.6) is 5.75 Å². The van der Waals surface area contributed by atoms with Crippen molar-refractivity contribution < 1.29 is 9.47 Å². The first-order valence-corrected chi connectivity index (χ1v) is 7.41. The van der Waals surface area contributed by atoms with Gasteiger partial charge in [-0.25, -0.2) is 0 Å². The van der Waals surface area contributed by atoms with E-state index in [1.165, 1.54) is 0 Å². The number of nitrogens with one attached hydrogen (secondary N) is 1. The molecule has 1 aliphatic heterocycles. The standard InChI is InChI=1S/C15H22ClNO2/c1-2-7-17-10-12-9-13(16)5-6-15(12)19-11-14-4-3-8-18-14/h5-6,9,14,17H,2-4,7-8,10-11H2,1H3. The van der Waals surface area contributed by atoms with Crippen LogP contribution in [0.15, 0.2) is 18.2 Å². The number of ether oxygens (including phenoxy) is 2. The molecule has 1 aliphatic rings. The molecule has 1 N–H and O–H groups in total. The number of hydrogen-bond acceptors (Lipinski definition) is 3. The summed E-state index contributed by atoms with van der Waals surface area (Å²) in [5, 5.41) is 4.12. The Bertz CT molecular complexity index is 392. The molecule has 0 aromatic heterocycles. The summed E-state index contributed by atoms with van der Waals surface area (Å²) in [4.78, 5) is 0. The monoisotopic (exact) mass is 283 g/mol. The molecule has 19 heavy (non-hydrogen) atoms. The second kappa shape index (κ2) is 7.73. The average molecular weight is 284 g/mol. The van der Waals surface area contributed by atoms with Crippen molar-refractivity contribution in [2.24, 2.45) is 0 Å². The van der Waals surface area contributed by atoms with Gasteiger partial charge in [-0.2, -0.15) is 0 Å². The van der Waals surface area contributed by atoms with E-state index in [1.54, 1.807) is 0 Å². The van der Waals surface area contributed by atoms with E-state index in [0.29, 0.717) is 6.61 Å². The van der Waals surface area contributed by atoms with Gasteiger partial charge in [-0.05, 0) is 44.0 Å². The summed E-state index contributed by atoms with van der Waals surface area (Å²) in [5.41, 5.74) is 1.11. The Balaban J connectivity index is 1.92. The lowest BCUT2D eigenvalue weighted by molar-refractivity contribution is 0.0676. The van der Waals surface area contributed by atoms with Crippen LogP contribution < -0.4 is 10.1 Å². The zero-order chi connectivity index (χ0) is 13.5. The molecule has 1 unspecified atom stereocenters. The predicted molar refractivity (Wildman–Crippen MR) is 77.9 cm³/mol. The highest BCUT2D eigenvalue weighted by Gasteiger charge is 2.16. The molecule has 0 aliphatic carbocycles. The van der Waals surface area contributed by atoms with Crippen LogP contribution in [0.25, 0.3) is 0 Å². The molecule has 0 saturated carbocycles. The summed E-state index contributed by atoms with van der Waals surface area (Å²) in [6, 6.07) is 5.78. The molecule has 106 valence electrons. The Morgan fingerprint density at radius 3 is 3.11 bits per heavy atom. The first kappa shape index (κ1) is 14.6. The van der Waals surface area contributed by atoms with Crippen molar-refractivity contribution in [1.29, 1.82) is 0 Å². The van der Waals surface area contributed by atoms with Crippen LogP contribution in [-0.2, 0) is 11.3 Å². The summed E-state index contributed by atoms with van der Waals surface area (Å²) in [6.45, 7) is 5.43. The lowest BCUT2D eigenvalue weighted by Crippen LogP contribution is -2.18. The van der Waals surface area contributed by atoms with Crippen LogP contribution in [0, 0.1) is 0 Å². The largest absolute Gasteiger partial charge is 0.491 e. The van der Waals surface area contributed by atoms with Crippen molar-refractivity contribution in [3.05, 3.63) is 28.8 Å². The maximum atomic E-state index is 6.05. The summed E-state index contributed by atoms with van der Waals surface area (Å²) in [6.07, 6.45) is 3.59. The van der Waals surface area contributed by atoms with Gasteiger partial charge in [0.25, 0.3) is 0 Å². The maximum Gasteiger partial charge on any atom is 0.124 e. The van der Waals surface area contributed by atoms with Gasteiger partial charge in [0, 0.05) is 23.7 Å². The number of rotatable bonds is 7. The molecule has 1 saturated heterocycles. The SMILES string of the molecule is CCCNCc1cc(Cl)ccc1OCC1CCCO1. The van der Waals surface area contributed by atoms with Crippen LogP contribution in [0.4, 0.5) is 0 Å². The molecule has 1 atom stereocenters. The average Bonchev–Trinajstić information content (AvgIpc) is 2.91. The van der Waals surface area contributed by atoms with E-state index in [2.05, 4.69) is 12.2 Å². The summed E-state index contributed by atoms with van der Waals surface area (Å²) < 4.78 is 11.5. The van der Waals surface area contributed by atoms with Crippen LogP contribution in [-0.4, -0.2) is 25.9 Å². The molecule has 0 bridgehead atoms. The van der Waals surface area contributed by atoms with Crippen molar-refractivity contribution in [1.82, 2.24) is 5.32 Å². The van der Waals surface area contributed by atoms with Crippen LogP contribution in [0.3, 0.4) is 0 Å². The molecule has 1 fully saturated rings. The smallest absolute Gasteiger partial charge is 0.124 e. The predicted octanol–water partition coefficient (Wildman–Crippen LogP) is 3.40. The first-order chi connectivity index (χ1) is 9.29. The van der Waals surface area contributed by atoms with Crippen molar-refractivity contribution in [3.63, 3.8) is 0 Å². The van der Waals surface area contributed by atoms with Gasteiger partial charge in [0.2, 0.25) is 0 Å². The fraction of sp³-hybridized carbons (Fsp3) is 0.600. The fourth-order valence-corrected chi connectivity index (χ4v) is 2.38. The zero-order valence-corrected chi connectivity index (χ0v) is 12.2. The molecule has 1 heterocycles. The molecule has 1 aromatic carbocycles. The summed E-state index contributed by atoms with van der Waals surface area (Å²) >= 11 is 6.05. The second-order valence-electron chi connectivity index (χ2n) is 4.87. The number of benzene rings is 1. The summed E-state index contributed by atoms with van der Waals surface area (Å²) in [7, 11) is 0. The number of hydrogen-bond donors (Lipinski definition) is 1. The Morgan fingerprint density at radius 2 is 2.37 bits per heavy atom. The highest BCUT2D eigenvalue weighted by Crippen LogP contribution is 2.24. The molecule has 3 nitrogen and oxygen atoms in total. The zero-order valence-electron chi connectivity index (χ0n) is 11.5. The van der Waals surface area contributed by atoms with Gasteiger partial charge in [0.05, 0.1) is 6.10 Å². The molecule has 2 rings (SSSR count). The lowest BCUT2D eigenvalue weighted by Gasteiger charge is -2.15. The fourth-order valence-electron chi connectivity index (χ4n) is 2.19. The van der Waals surface area contributed by atoms with Gasteiger partial charge >= 0.3 is 0 Å². The first-order valence-electron chi connectivity index (χ1n) is 7.03. The Labute approximate surface area is 120 Å². The Kier molecular flexibility index (Phi) is 5.95. The quantitative estimate of drug-likeness (QED) is 0.778. The maximum absolute atomic E-state index is 6.05. The van der Waals surface area contributed by atoms with E-state index in [0.717, 1.165) is 55.3 Å². The van der Waals surface area contributed by atoms with Gasteiger partial charge in [0.15, 0.2) is 0 Å². The molecule has 1 aromatic rings. The number of halogens is 1. The van der Waals surface area contributed by atoms with Crippen molar-refractivity contribution >= 4 is 11.6 Å². The van der Waals surface area contributed by atoms with Crippen molar-refractivity contribution in [3.8, 4) is 5.75 Å². The molecule has 0 radical (unpaired) electrons. The Hall–Kier alpha value is -0.770. The lowest BCUT2D eigenvalue weighted by atomic mass is 10.2. The third-order valence-electron chi connectivity index (χ3n) is 3.21. The third-order valence-corrected chi connectivity index (χ3v) is 3.45. The van der Waals surface area contributed by atoms with E-state index in [-0.39, 0.29) is 6.10 Å². The van der Waals surface area contributed by atoms with E-state index in [4.69, 9.17) is 21.1 Å². The highest BCUT2D eigenvalue weighted by atomic mass is 35.5. The van der Waals surface area contributed by atoms with Gasteiger partial charge < -0.3 is 14.8 Å².